The first-order valence-corrected chi connectivity index (χ1v) is 6.81. The molecule has 0 aliphatic carbocycles. The van der Waals surface area contributed by atoms with E-state index >= 15 is 0 Å². The molecule has 18 heavy (non-hydrogen) atoms. The van der Waals surface area contributed by atoms with E-state index in [2.05, 4.69) is 39.8 Å². The van der Waals surface area contributed by atoms with Crippen molar-refractivity contribution in [2.24, 2.45) is 0 Å². The van der Waals surface area contributed by atoms with Crippen molar-refractivity contribution in [2.45, 2.75) is 52.4 Å². The molecule has 0 aliphatic rings. The van der Waals surface area contributed by atoms with Gasteiger partial charge >= 0.3 is 0 Å². The number of alkyl halides is 1. The Morgan fingerprint density at radius 2 is 1.94 bits per heavy atom. The zero-order chi connectivity index (χ0) is 13.6. The molecule has 0 atom stereocenters. The van der Waals surface area contributed by atoms with E-state index in [4.69, 9.17) is 4.74 Å². The lowest BCUT2D eigenvalue weighted by Gasteiger charge is -2.23. The summed E-state index contributed by atoms with van der Waals surface area (Å²) in [4.78, 5) is 0. The van der Waals surface area contributed by atoms with Gasteiger partial charge in [-0.3, -0.25) is 4.39 Å². The highest BCUT2D eigenvalue weighted by atomic mass is 19.1. The van der Waals surface area contributed by atoms with E-state index in [0.29, 0.717) is 6.42 Å². The van der Waals surface area contributed by atoms with Gasteiger partial charge in [0, 0.05) is 0 Å². The van der Waals surface area contributed by atoms with Crippen molar-refractivity contribution in [2.75, 3.05) is 13.3 Å². The Kier molecular flexibility index (Phi) is 5.64. The number of aryl methyl sites for hydroxylation is 1. The van der Waals surface area contributed by atoms with Crippen LogP contribution in [0, 0.1) is 0 Å². The smallest absolute Gasteiger partial charge is 0.123 e. The fraction of sp³-hybridized carbons (Fsp3) is 0.625. The molecule has 1 aromatic rings. The molecule has 0 aromatic heterocycles. The third-order valence-corrected chi connectivity index (χ3v) is 2.91. The molecule has 0 unspecified atom stereocenters. The van der Waals surface area contributed by atoms with Gasteiger partial charge in [-0.25, -0.2) is 0 Å². The van der Waals surface area contributed by atoms with Crippen molar-refractivity contribution in [3.8, 4) is 5.75 Å². The van der Waals surface area contributed by atoms with Crippen LogP contribution in [0.3, 0.4) is 0 Å². The minimum Gasteiger partial charge on any atom is -0.493 e. The van der Waals surface area contributed by atoms with Crippen molar-refractivity contribution in [3.05, 3.63) is 29.3 Å². The molecular weight excluding hydrogens is 227 g/mol. The van der Waals surface area contributed by atoms with Crippen molar-refractivity contribution in [1.82, 2.24) is 0 Å². The molecule has 2 heteroatoms. The fourth-order valence-corrected chi connectivity index (χ4v) is 1.93. The highest BCUT2D eigenvalue weighted by Crippen LogP contribution is 2.32. The summed E-state index contributed by atoms with van der Waals surface area (Å²) in [6.45, 7) is 9.14. The highest BCUT2D eigenvalue weighted by Gasteiger charge is 2.19. The molecule has 0 N–H and O–H groups in total. The summed E-state index contributed by atoms with van der Waals surface area (Å²) in [6.07, 6.45) is 2.40. The third-order valence-electron chi connectivity index (χ3n) is 2.91. The third kappa shape index (κ3) is 4.32. The van der Waals surface area contributed by atoms with Crippen LogP contribution in [0.15, 0.2) is 18.2 Å². The van der Waals surface area contributed by atoms with Gasteiger partial charge in [-0.05, 0) is 41.9 Å². The van der Waals surface area contributed by atoms with Crippen LogP contribution in [0.2, 0.25) is 0 Å². The Balaban J connectivity index is 2.97. The Labute approximate surface area is 110 Å². The first-order valence-electron chi connectivity index (χ1n) is 6.81. The van der Waals surface area contributed by atoms with Crippen LogP contribution in [0.4, 0.5) is 4.39 Å². The molecule has 1 rings (SSSR count). The molecule has 1 nitrogen and oxygen atoms in total. The van der Waals surface area contributed by atoms with E-state index in [-0.39, 0.29) is 12.1 Å². The van der Waals surface area contributed by atoms with Crippen molar-refractivity contribution in [1.29, 1.82) is 0 Å². The monoisotopic (exact) mass is 252 g/mol. The van der Waals surface area contributed by atoms with Crippen LogP contribution < -0.4 is 4.74 Å². The topological polar surface area (TPSA) is 9.23 Å². The van der Waals surface area contributed by atoms with Gasteiger partial charge < -0.3 is 4.74 Å². The van der Waals surface area contributed by atoms with E-state index in [1.54, 1.807) is 0 Å². The maximum atomic E-state index is 12.2. The highest BCUT2D eigenvalue weighted by molar-refractivity contribution is 5.41. The van der Waals surface area contributed by atoms with Gasteiger partial charge in [0.25, 0.3) is 0 Å². The predicted molar refractivity (Wildman–Crippen MR) is 75.2 cm³/mol. The molecule has 0 saturated heterocycles. The molecule has 0 bridgehead atoms. The summed E-state index contributed by atoms with van der Waals surface area (Å²) in [6, 6.07) is 6.25. The fourth-order valence-electron chi connectivity index (χ4n) is 1.93. The molecule has 0 radical (unpaired) electrons. The minimum absolute atomic E-state index is 0.0504. The average Bonchev–Trinajstić information content (AvgIpc) is 2.33. The summed E-state index contributed by atoms with van der Waals surface area (Å²) in [5.41, 5.74) is 2.46. The molecule has 0 fully saturated rings. The summed E-state index contributed by atoms with van der Waals surface area (Å²) in [7, 11) is 0. The van der Waals surface area contributed by atoms with Crippen LogP contribution in [-0.4, -0.2) is 13.3 Å². The number of rotatable bonds is 6. The first kappa shape index (κ1) is 15.0. The van der Waals surface area contributed by atoms with Gasteiger partial charge in [0.15, 0.2) is 0 Å². The molecule has 0 amide bonds. The van der Waals surface area contributed by atoms with Gasteiger partial charge in [-0.2, -0.15) is 0 Å². The second-order valence-electron chi connectivity index (χ2n) is 5.72. The van der Waals surface area contributed by atoms with Gasteiger partial charge in [0.1, 0.15) is 5.75 Å². The molecule has 0 spiro atoms. The summed E-state index contributed by atoms with van der Waals surface area (Å²) < 4.78 is 18.0. The summed E-state index contributed by atoms with van der Waals surface area (Å²) in [5.74, 6) is 0.966. The van der Waals surface area contributed by atoms with Crippen LogP contribution in [0.25, 0.3) is 0 Å². The Bertz CT molecular complexity index is 366. The number of benzene rings is 1. The average molecular weight is 252 g/mol. The standard InChI is InChI=1S/C16H25FO/c1-5-11-18-15-9-8-13(7-6-10-17)12-14(15)16(2,3)4/h8-9,12H,5-7,10-11H2,1-4H3. The van der Waals surface area contributed by atoms with Crippen molar-refractivity contribution < 1.29 is 9.13 Å². The Morgan fingerprint density at radius 1 is 1.22 bits per heavy atom. The maximum Gasteiger partial charge on any atom is 0.123 e. The number of halogens is 1. The molecule has 102 valence electrons. The minimum atomic E-state index is -0.251. The van der Waals surface area contributed by atoms with Crippen LogP contribution in [-0.2, 0) is 11.8 Å². The van der Waals surface area contributed by atoms with Gasteiger partial charge in [0.05, 0.1) is 13.3 Å². The first-order chi connectivity index (χ1) is 8.49. The second kappa shape index (κ2) is 6.77. The van der Waals surface area contributed by atoms with E-state index in [1.807, 2.05) is 6.07 Å². The predicted octanol–water partition coefficient (Wildman–Crippen LogP) is 4.68. The Morgan fingerprint density at radius 3 is 2.50 bits per heavy atom. The normalized spacial score (nSPS) is 11.6. The SMILES string of the molecule is CCCOc1ccc(CCCF)cc1C(C)(C)C. The lowest BCUT2D eigenvalue weighted by Crippen LogP contribution is -2.14. The summed E-state index contributed by atoms with van der Waals surface area (Å²) >= 11 is 0. The summed E-state index contributed by atoms with van der Waals surface area (Å²) in [5, 5.41) is 0. The molecule has 0 heterocycles. The maximum absolute atomic E-state index is 12.2. The van der Waals surface area contributed by atoms with E-state index < -0.39 is 0 Å². The van der Waals surface area contributed by atoms with Crippen LogP contribution in [0.5, 0.6) is 5.75 Å². The molecular formula is C16H25FO. The van der Waals surface area contributed by atoms with Gasteiger partial charge in [-0.15, -0.1) is 0 Å². The van der Waals surface area contributed by atoms with Crippen molar-refractivity contribution in [3.63, 3.8) is 0 Å². The number of ether oxygens (including phenoxy) is 1. The van der Waals surface area contributed by atoms with Gasteiger partial charge in [0.2, 0.25) is 0 Å². The zero-order valence-corrected chi connectivity index (χ0v) is 12.1. The van der Waals surface area contributed by atoms with E-state index in [0.717, 1.165) is 25.2 Å². The van der Waals surface area contributed by atoms with Crippen molar-refractivity contribution >= 4 is 0 Å². The number of hydrogen-bond acceptors (Lipinski definition) is 1. The largest absolute Gasteiger partial charge is 0.493 e. The Hall–Kier alpha value is -1.05. The zero-order valence-electron chi connectivity index (χ0n) is 12.1. The molecule has 0 aliphatic heterocycles. The van der Waals surface area contributed by atoms with E-state index in [1.165, 1.54) is 11.1 Å². The second-order valence-corrected chi connectivity index (χ2v) is 5.72. The quantitative estimate of drug-likeness (QED) is 0.714. The number of hydrogen-bond donors (Lipinski definition) is 0. The van der Waals surface area contributed by atoms with E-state index in [9.17, 15) is 4.39 Å². The lowest BCUT2D eigenvalue weighted by atomic mass is 9.85. The molecule has 1 aromatic carbocycles. The molecule has 0 saturated carbocycles. The van der Waals surface area contributed by atoms with Crippen LogP contribution >= 0.6 is 0 Å². The van der Waals surface area contributed by atoms with Crippen LogP contribution in [0.1, 0.15) is 51.7 Å². The van der Waals surface area contributed by atoms with Gasteiger partial charge in [-0.1, -0.05) is 39.8 Å². The lowest BCUT2D eigenvalue weighted by molar-refractivity contribution is 0.308.